The van der Waals surface area contributed by atoms with Crippen molar-refractivity contribution in [2.24, 2.45) is 0 Å². The Balaban J connectivity index is 1.74. The molecule has 0 aliphatic carbocycles. The molecule has 0 aliphatic heterocycles. The lowest BCUT2D eigenvalue weighted by atomic mass is 10.2. The molecule has 0 spiro atoms. The van der Waals surface area contributed by atoms with Crippen molar-refractivity contribution in [3.8, 4) is 11.5 Å². The van der Waals surface area contributed by atoms with Crippen LogP contribution in [0.5, 0.6) is 11.5 Å². The zero-order valence-corrected chi connectivity index (χ0v) is 18.7. The Bertz CT molecular complexity index is 983. The highest BCUT2D eigenvalue weighted by molar-refractivity contribution is 9.10. The first-order valence-corrected chi connectivity index (χ1v) is 10.5. The molecule has 3 rings (SSSR count). The van der Waals surface area contributed by atoms with Gasteiger partial charge in [-0.1, -0.05) is 29.3 Å². The number of benzene rings is 3. The maximum Gasteiger partial charge on any atom is 0.175 e. The molecule has 0 fully saturated rings. The second kappa shape index (κ2) is 10.2. The normalized spacial score (nSPS) is 10.7. The first-order valence-electron chi connectivity index (χ1n) is 8.97. The summed E-state index contributed by atoms with van der Waals surface area (Å²) in [7, 11) is 0. The van der Waals surface area contributed by atoms with Gasteiger partial charge in [0.25, 0.3) is 0 Å². The zero-order valence-electron chi connectivity index (χ0n) is 15.6. The summed E-state index contributed by atoms with van der Waals surface area (Å²) < 4.78 is 25.6. The van der Waals surface area contributed by atoms with E-state index in [9.17, 15) is 4.39 Å². The standard InChI is InChI=1S/C22H19BrCl2FNO2/c1-2-28-21-11-15(12-27-17-6-4-16(26)5-7-17)9-18(23)22(21)29-13-14-3-8-19(24)20(25)10-14/h3-11,27H,2,12-13H2,1H3. The lowest BCUT2D eigenvalue weighted by Gasteiger charge is -2.16. The molecule has 0 aliphatic rings. The van der Waals surface area contributed by atoms with Gasteiger partial charge in [0.2, 0.25) is 0 Å². The molecule has 0 aromatic heterocycles. The van der Waals surface area contributed by atoms with Crippen molar-refractivity contribution >= 4 is 44.8 Å². The van der Waals surface area contributed by atoms with Crippen molar-refractivity contribution < 1.29 is 13.9 Å². The van der Waals surface area contributed by atoms with Crippen molar-refractivity contribution in [2.45, 2.75) is 20.1 Å². The quantitative estimate of drug-likeness (QED) is 0.349. The number of nitrogens with one attached hydrogen (secondary N) is 1. The Morgan fingerprint density at radius 1 is 0.931 bits per heavy atom. The number of hydrogen-bond acceptors (Lipinski definition) is 3. The molecule has 0 heterocycles. The summed E-state index contributed by atoms with van der Waals surface area (Å²) >= 11 is 15.6. The number of ether oxygens (including phenoxy) is 2. The molecule has 0 unspecified atom stereocenters. The zero-order chi connectivity index (χ0) is 20.8. The minimum atomic E-state index is -0.264. The third kappa shape index (κ3) is 6.01. The summed E-state index contributed by atoms with van der Waals surface area (Å²) in [5.41, 5.74) is 2.72. The molecule has 0 saturated carbocycles. The van der Waals surface area contributed by atoms with Crippen molar-refractivity contribution in [3.05, 3.63) is 86.1 Å². The van der Waals surface area contributed by atoms with Crippen LogP contribution < -0.4 is 14.8 Å². The van der Waals surface area contributed by atoms with Crippen molar-refractivity contribution in [1.29, 1.82) is 0 Å². The van der Waals surface area contributed by atoms with E-state index in [4.69, 9.17) is 32.7 Å². The van der Waals surface area contributed by atoms with Gasteiger partial charge in [-0.15, -0.1) is 0 Å². The van der Waals surface area contributed by atoms with Crippen molar-refractivity contribution in [3.63, 3.8) is 0 Å². The Morgan fingerprint density at radius 3 is 2.38 bits per heavy atom. The fraction of sp³-hybridized carbons (Fsp3) is 0.182. The number of rotatable bonds is 8. The van der Waals surface area contributed by atoms with Gasteiger partial charge in [0.05, 0.1) is 21.1 Å². The van der Waals surface area contributed by atoms with E-state index in [-0.39, 0.29) is 5.82 Å². The molecule has 0 saturated heterocycles. The van der Waals surface area contributed by atoms with E-state index in [1.54, 1.807) is 24.3 Å². The SMILES string of the molecule is CCOc1cc(CNc2ccc(F)cc2)cc(Br)c1OCc1ccc(Cl)c(Cl)c1. The van der Waals surface area contributed by atoms with Crippen LogP contribution in [-0.2, 0) is 13.2 Å². The van der Waals surface area contributed by atoms with Crippen molar-refractivity contribution in [1.82, 2.24) is 0 Å². The van der Waals surface area contributed by atoms with Gasteiger partial charge >= 0.3 is 0 Å². The van der Waals surface area contributed by atoms with Crippen LogP contribution in [0.3, 0.4) is 0 Å². The maximum atomic E-state index is 13.0. The van der Waals surface area contributed by atoms with E-state index < -0.39 is 0 Å². The molecular weight excluding hydrogens is 480 g/mol. The smallest absolute Gasteiger partial charge is 0.175 e. The summed E-state index contributed by atoms with van der Waals surface area (Å²) in [6.45, 7) is 3.30. The second-order valence-electron chi connectivity index (χ2n) is 6.24. The van der Waals surface area contributed by atoms with Gasteiger partial charge < -0.3 is 14.8 Å². The highest BCUT2D eigenvalue weighted by Gasteiger charge is 2.13. The van der Waals surface area contributed by atoms with Gasteiger partial charge in [0.15, 0.2) is 11.5 Å². The molecule has 3 aromatic carbocycles. The molecule has 0 amide bonds. The predicted molar refractivity (Wildman–Crippen MR) is 120 cm³/mol. The largest absolute Gasteiger partial charge is 0.490 e. The van der Waals surface area contributed by atoms with Crippen LogP contribution in [0.4, 0.5) is 10.1 Å². The van der Waals surface area contributed by atoms with Crippen LogP contribution in [0, 0.1) is 5.82 Å². The first-order chi connectivity index (χ1) is 14.0. The van der Waals surface area contributed by atoms with Gasteiger partial charge in [-0.3, -0.25) is 0 Å². The molecule has 29 heavy (non-hydrogen) atoms. The van der Waals surface area contributed by atoms with Gasteiger partial charge in [-0.05, 0) is 82.5 Å². The van der Waals surface area contributed by atoms with Gasteiger partial charge in [0.1, 0.15) is 12.4 Å². The van der Waals surface area contributed by atoms with Crippen LogP contribution >= 0.6 is 39.1 Å². The highest BCUT2D eigenvalue weighted by Crippen LogP contribution is 2.38. The molecular formula is C22H19BrCl2FNO2. The Hall–Kier alpha value is -1.95. The van der Waals surface area contributed by atoms with Crippen LogP contribution in [-0.4, -0.2) is 6.61 Å². The number of anilines is 1. The average Bonchev–Trinajstić information content (AvgIpc) is 2.70. The predicted octanol–water partition coefficient (Wildman–Crippen LogP) is 7.48. The third-order valence-corrected chi connectivity index (χ3v) is 5.41. The van der Waals surface area contributed by atoms with E-state index >= 15 is 0 Å². The van der Waals surface area contributed by atoms with Crippen LogP contribution in [0.2, 0.25) is 10.0 Å². The lowest BCUT2D eigenvalue weighted by Crippen LogP contribution is -2.04. The summed E-state index contributed by atoms with van der Waals surface area (Å²) in [4.78, 5) is 0. The van der Waals surface area contributed by atoms with Gasteiger partial charge in [-0.25, -0.2) is 4.39 Å². The summed E-state index contributed by atoms with van der Waals surface area (Å²) in [5, 5.41) is 4.25. The molecule has 152 valence electrons. The van der Waals surface area contributed by atoms with Crippen LogP contribution in [0.25, 0.3) is 0 Å². The average molecular weight is 499 g/mol. The monoisotopic (exact) mass is 497 g/mol. The second-order valence-corrected chi connectivity index (χ2v) is 7.90. The molecule has 3 nitrogen and oxygen atoms in total. The molecule has 7 heteroatoms. The minimum absolute atomic E-state index is 0.264. The fourth-order valence-corrected chi connectivity index (χ4v) is 3.61. The molecule has 0 radical (unpaired) electrons. The summed E-state index contributed by atoms with van der Waals surface area (Å²) in [6.07, 6.45) is 0. The first kappa shape index (κ1) is 21.8. The van der Waals surface area contributed by atoms with E-state index in [0.29, 0.717) is 41.3 Å². The Kier molecular flexibility index (Phi) is 7.64. The van der Waals surface area contributed by atoms with Gasteiger partial charge in [-0.2, -0.15) is 0 Å². The van der Waals surface area contributed by atoms with Crippen LogP contribution in [0.1, 0.15) is 18.1 Å². The van der Waals surface area contributed by atoms with Gasteiger partial charge in [0, 0.05) is 12.2 Å². The molecule has 1 N–H and O–H groups in total. The summed E-state index contributed by atoms with van der Waals surface area (Å²) in [5.74, 6) is 0.988. The summed E-state index contributed by atoms with van der Waals surface area (Å²) in [6, 6.07) is 15.5. The highest BCUT2D eigenvalue weighted by atomic mass is 79.9. The lowest BCUT2D eigenvalue weighted by molar-refractivity contribution is 0.267. The van der Waals surface area contributed by atoms with E-state index in [0.717, 1.165) is 21.3 Å². The number of hydrogen-bond donors (Lipinski definition) is 1. The molecule has 3 aromatic rings. The van der Waals surface area contributed by atoms with Crippen molar-refractivity contribution in [2.75, 3.05) is 11.9 Å². The Morgan fingerprint density at radius 2 is 1.69 bits per heavy atom. The molecule has 0 atom stereocenters. The topological polar surface area (TPSA) is 30.5 Å². The van der Waals surface area contributed by atoms with E-state index in [1.165, 1.54) is 12.1 Å². The van der Waals surface area contributed by atoms with Crippen LogP contribution in [0.15, 0.2) is 59.1 Å². The maximum absolute atomic E-state index is 13.0. The molecule has 0 bridgehead atoms. The van der Waals surface area contributed by atoms with E-state index in [1.807, 2.05) is 25.1 Å². The third-order valence-electron chi connectivity index (χ3n) is 4.08. The Labute approximate surface area is 187 Å². The number of halogens is 4. The minimum Gasteiger partial charge on any atom is -0.490 e. The van der Waals surface area contributed by atoms with E-state index in [2.05, 4.69) is 21.2 Å². The fourth-order valence-electron chi connectivity index (χ4n) is 2.68.